The molecule has 2 saturated heterocycles. The predicted octanol–water partition coefficient (Wildman–Crippen LogP) is 0.535. The lowest BCUT2D eigenvalue weighted by Crippen LogP contribution is -2.65. The molecule has 0 saturated carbocycles. The van der Waals surface area contributed by atoms with Crippen LogP contribution in [0.2, 0.25) is 0 Å². The van der Waals surface area contributed by atoms with E-state index in [2.05, 4.69) is 12.2 Å². The summed E-state index contributed by atoms with van der Waals surface area (Å²) in [7, 11) is 0. The normalized spacial score (nSPS) is 31.0. The number of aliphatic hydroxyl groups excluding tert-OH is 5. The standard InChI is InChI=1S/C34H58O15/c1-21(17-15-13-11-9-7-5-4-6-8-10-12-14-16-18-26(37)38)46-34-32(30(42)28(40)25(48-34)20-45-23(3)36)49-33-31(43)29(41)27(39)24(47-33)19-44-22(2)35/h4-5,21,24-25,27-34,39-43H,6-20H2,1-3H3,(H,37,38)/p-1/b5-4-/t21?,24-,25-,27-,28-,29+,30+,31-,32-,33+,34-/m1/s1. The van der Waals surface area contributed by atoms with E-state index < -0.39 is 92.0 Å². The van der Waals surface area contributed by atoms with E-state index in [9.17, 15) is 45.0 Å². The number of carbonyl (C=O) groups is 3. The molecule has 2 aliphatic rings. The summed E-state index contributed by atoms with van der Waals surface area (Å²) < 4.78 is 33.3. The topological polar surface area (TPSA) is 231 Å². The quantitative estimate of drug-likeness (QED) is 0.0555. The molecule has 0 aromatic carbocycles. The SMILES string of the molecule is CC(=O)OC[C@H]1O[C@@H](O[C@H]2[C@H](OC(C)CCCCCC/C=C\CCCCCCCC(=O)[O-])O[C@H](COC(C)=O)[C@@H](O)[C@@H]2O)[C@H](O)[C@@H](O)[C@@H]1O. The fourth-order valence-electron chi connectivity index (χ4n) is 5.66. The second-order valence-electron chi connectivity index (χ2n) is 12.8. The van der Waals surface area contributed by atoms with Gasteiger partial charge in [0.1, 0.15) is 62.0 Å². The lowest BCUT2D eigenvalue weighted by Gasteiger charge is -2.46. The Bertz CT molecular complexity index is 993. The van der Waals surface area contributed by atoms with Crippen molar-refractivity contribution in [3.63, 3.8) is 0 Å². The average molecular weight is 706 g/mol. The Balaban J connectivity index is 1.85. The molecule has 11 atom stereocenters. The molecule has 2 fully saturated rings. The number of carboxylic acids is 1. The third-order valence-corrected chi connectivity index (χ3v) is 8.52. The van der Waals surface area contributed by atoms with Gasteiger partial charge in [0.2, 0.25) is 0 Å². The largest absolute Gasteiger partial charge is 0.550 e. The van der Waals surface area contributed by atoms with Crippen LogP contribution >= 0.6 is 0 Å². The lowest BCUT2D eigenvalue weighted by atomic mass is 9.97. The molecular formula is C34H57O15-. The van der Waals surface area contributed by atoms with Gasteiger partial charge in [-0.3, -0.25) is 9.59 Å². The lowest BCUT2D eigenvalue weighted by molar-refractivity contribution is -0.371. The molecule has 0 bridgehead atoms. The Morgan fingerprint density at radius 3 is 1.71 bits per heavy atom. The summed E-state index contributed by atoms with van der Waals surface area (Å²) in [6.45, 7) is 3.34. The molecule has 15 nitrogen and oxygen atoms in total. The molecule has 5 N–H and O–H groups in total. The van der Waals surface area contributed by atoms with E-state index in [0.29, 0.717) is 12.8 Å². The molecule has 284 valence electrons. The van der Waals surface area contributed by atoms with E-state index in [-0.39, 0.29) is 13.0 Å². The molecule has 0 aromatic rings. The van der Waals surface area contributed by atoms with Crippen molar-refractivity contribution < 1.29 is 73.4 Å². The van der Waals surface area contributed by atoms with Gasteiger partial charge in [-0.1, -0.05) is 50.7 Å². The first kappa shape index (κ1) is 43.0. The third kappa shape index (κ3) is 16.1. The van der Waals surface area contributed by atoms with E-state index in [0.717, 1.165) is 71.1 Å². The van der Waals surface area contributed by atoms with Crippen molar-refractivity contribution in [3.05, 3.63) is 12.2 Å². The van der Waals surface area contributed by atoms with Gasteiger partial charge >= 0.3 is 11.9 Å². The molecule has 15 heteroatoms. The number of hydrogen-bond donors (Lipinski definition) is 5. The highest BCUT2D eigenvalue weighted by molar-refractivity contribution is 5.66. The smallest absolute Gasteiger partial charge is 0.302 e. The van der Waals surface area contributed by atoms with Crippen molar-refractivity contribution >= 4 is 17.9 Å². The maximum atomic E-state index is 11.4. The van der Waals surface area contributed by atoms with Crippen molar-refractivity contribution in [1.82, 2.24) is 0 Å². The van der Waals surface area contributed by atoms with E-state index in [1.807, 2.05) is 6.92 Å². The fraction of sp³-hybridized carbons (Fsp3) is 0.853. The van der Waals surface area contributed by atoms with Crippen LogP contribution in [0.25, 0.3) is 0 Å². The summed E-state index contributed by atoms with van der Waals surface area (Å²) in [5, 5.41) is 63.5. The summed E-state index contributed by atoms with van der Waals surface area (Å²) in [5.74, 6) is -2.26. The first-order valence-corrected chi connectivity index (χ1v) is 17.5. The number of esters is 2. The summed E-state index contributed by atoms with van der Waals surface area (Å²) in [6.07, 6.45) is 0.243. The summed E-state index contributed by atoms with van der Waals surface area (Å²) >= 11 is 0. The number of allylic oxidation sites excluding steroid dienone is 2. The minimum absolute atomic E-state index is 0.134. The monoisotopic (exact) mass is 705 g/mol. The Labute approximate surface area is 288 Å². The van der Waals surface area contributed by atoms with Crippen LogP contribution in [0.1, 0.15) is 104 Å². The van der Waals surface area contributed by atoms with Crippen LogP contribution in [-0.4, -0.2) is 124 Å². The Morgan fingerprint density at radius 2 is 1.16 bits per heavy atom. The molecule has 2 aliphatic heterocycles. The minimum Gasteiger partial charge on any atom is -0.550 e. The molecular weight excluding hydrogens is 648 g/mol. The zero-order valence-electron chi connectivity index (χ0n) is 28.9. The van der Waals surface area contributed by atoms with Gasteiger partial charge in [-0.2, -0.15) is 0 Å². The van der Waals surface area contributed by atoms with Gasteiger partial charge < -0.3 is 63.9 Å². The van der Waals surface area contributed by atoms with Gasteiger partial charge in [-0.25, -0.2) is 0 Å². The summed E-state index contributed by atoms with van der Waals surface area (Å²) in [4.78, 5) is 33.1. The number of rotatable bonds is 23. The van der Waals surface area contributed by atoms with Crippen molar-refractivity contribution in [1.29, 1.82) is 0 Å². The molecule has 49 heavy (non-hydrogen) atoms. The van der Waals surface area contributed by atoms with Gasteiger partial charge in [0.25, 0.3) is 0 Å². The number of aliphatic carboxylic acids is 1. The van der Waals surface area contributed by atoms with Crippen molar-refractivity contribution in [2.24, 2.45) is 0 Å². The van der Waals surface area contributed by atoms with E-state index in [4.69, 9.17) is 28.4 Å². The average Bonchev–Trinajstić information content (AvgIpc) is 3.04. The Hall–Kier alpha value is -2.21. The molecule has 1 unspecified atom stereocenters. The molecule has 0 amide bonds. The molecule has 2 rings (SSSR count). The second-order valence-corrected chi connectivity index (χ2v) is 12.8. The maximum Gasteiger partial charge on any atom is 0.302 e. The van der Waals surface area contributed by atoms with Crippen molar-refractivity contribution in [2.75, 3.05) is 13.2 Å². The number of ether oxygens (including phenoxy) is 6. The number of aliphatic hydroxyl groups is 5. The number of carbonyl (C=O) groups excluding carboxylic acids is 3. The minimum atomic E-state index is -1.78. The first-order valence-electron chi connectivity index (χ1n) is 17.5. The fourth-order valence-corrected chi connectivity index (χ4v) is 5.66. The van der Waals surface area contributed by atoms with Crippen LogP contribution in [0.15, 0.2) is 12.2 Å². The molecule has 0 radical (unpaired) electrons. The van der Waals surface area contributed by atoms with Crippen LogP contribution in [0.4, 0.5) is 0 Å². The van der Waals surface area contributed by atoms with E-state index in [1.54, 1.807) is 0 Å². The number of hydrogen-bond acceptors (Lipinski definition) is 15. The Kier molecular flexibility index (Phi) is 20.4. The van der Waals surface area contributed by atoms with E-state index >= 15 is 0 Å². The predicted molar refractivity (Wildman–Crippen MR) is 170 cm³/mol. The van der Waals surface area contributed by atoms with Crippen LogP contribution in [0.5, 0.6) is 0 Å². The Morgan fingerprint density at radius 1 is 0.673 bits per heavy atom. The first-order chi connectivity index (χ1) is 23.3. The zero-order valence-corrected chi connectivity index (χ0v) is 28.9. The summed E-state index contributed by atoms with van der Waals surface area (Å²) in [6, 6.07) is 0. The summed E-state index contributed by atoms with van der Waals surface area (Å²) in [5.41, 5.74) is 0. The van der Waals surface area contributed by atoms with Gasteiger partial charge in [-0.05, 0) is 51.9 Å². The van der Waals surface area contributed by atoms with Crippen LogP contribution in [0.3, 0.4) is 0 Å². The highest BCUT2D eigenvalue weighted by Crippen LogP contribution is 2.31. The molecule has 0 aromatic heterocycles. The van der Waals surface area contributed by atoms with E-state index in [1.165, 1.54) is 6.92 Å². The van der Waals surface area contributed by atoms with Crippen LogP contribution in [0, 0.1) is 0 Å². The number of unbranched alkanes of at least 4 members (excludes halogenated alkanes) is 9. The molecule has 2 heterocycles. The maximum absolute atomic E-state index is 11.4. The van der Waals surface area contributed by atoms with Crippen LogP contribution < -0.4 is 5.11 Å². The van der Waals surface area contributed by atoms with Crippen molar-refractivity contribution in [3.8, 4) is 0 Å². The van der Waals surface area contributed by atoms with Gasteiger partial charge in [0.05, 0.1) is 6.10 Å². The second kappa shape index (κ2) is 23.3. The third-order valence-electron chi connectivity index (χ3n) is 8.52. The van der Waals surface area contributed by atoms with Gasteiger partial charge in [0, 0.05) is 19.8 Å². The molecule has 0 spiro atoms. The highest BCUT2D eigenvalue weighted by Gasteiger charge is 2.51. The van der Waals surface area contributed by atoms with Gasteiger partial charge in [-0.15, -0.1) is 0 Å². The van der Waals surface area contributed by atoms with Crippen LogP contribution in [-0.2, 0) is 42.8 Å². The van der Waals surface area contributed by atoms with Gasteiger partial charge in [0.15, 0.2) is 12.6 Å². The van der Waals surface area contributed by atoms with Crippen molar-refractivity contribution in [2.45, 2.75) is 172 Å². The highest BCUT2D eigenvalue weighted by atomic mass is 16.8. The molecule has 0 aliphatic carbocycles. The zero-order chi connectivity index (χ0) is 36.3. The number of carboxylic acid groups (broad SMARTS) is 1.